The summed E-state index contributed by atoms with van der Waals surface area (Å²) in [5.41, 5.74) is 26.0. The van der Waals surface area contributed by atoms with Crippen molar-refractivity contribution in [2.45, 2.75) is 119 Å². The number of rotatable bonds is 33. The van der Waals surface area contributed by atoms with E-state index in [4.69, 9.17) is 17.2 Å². The molecule has 3 heterocycles. The quantitative estimate of drug-likeness (QED) is 0.0150. The molecular formula is C70H82N12O9. The van der Waals surface area contributed by atoms with Crippen molar-refractivity contribution in [1.29, 1.82) is 0 Å². The molecule has 0 aliphatic carbocycles. The Labute approximate surface area is 527 Å². The lowest BCUT2D eigenvalue weighted by atomic mass is 9.85. The molecule has 21 heteroatoms. The Hall–Kier alpha value is -9.48. The number of aromatic amines is 3. The minimum absolute atomic E-state index is 0.0373. The first kappa shape index (κ1) is 66.0. The van der Waals surface area contributed by atoms with Crippen LogP contribution in [0.3, 0.4) is 0 Å². The Kier molecular flexibility index (Phi) is 23.4. The van der Waals surface area contributed by atoms with Gasteiger partial charge >= 0.3 is 0 Å². The van der Waals surface area contributed by atoms with Crippen LogP contribution in [-0.2, 0) is 48.0 Å². The number of aliphatic hydroxyl groups excluding tert-OH is 3. The van der Waals surface area contributed by atoms with Crippen LogP contribution >= 0.6 is 0 Å². The number of anilines is 3. The van der Waals surface area contributed by atoms with Crippen LogP contribution in [-0.4, -0.2) is 122 Å². The number of para-hydroxylation sites is 3. The molecule has 9 rings (SSSR count). The van der Waals surface area contributed by atoms with Crippen molar-refractivity contribution in [3.8, 4) is 0 Å². The third-order valence-corrected chi connectivity index (χ3v) is 16.4. The second-order valence-electron chi connectivity index (χ2n) is 23.0. The molecule has 6 amide bonds. The Morgan fingerprint density at radius 3 is 0.879 bits per heavy atom. The smallest absolute Gasteiger partial charge is 0.249 e. The number of unbranched alkanes of at least 4 members (excludes halogenated alkanes) is 3. The van der Waals surface area contributed by atoms with E-state index in [2.05, 4.69) is 46.9 Å². The number of carbonyl (C=O) groups excluding carboxylic acids is 6. The van der Waals surface area contributed by atoms with Gasteiger partial charge in [0.25, 0.3) is 0 Å². The number of carbonyl (C=O) groups is 6. The van der Waals surface area contributed by atoms with Crippen LogP contribution in [0.1, 0.15) is 97.1 Å². The van der Waals surface area contributed by atoms with Crippen molar-refractivity contribution < 1.29 is 44.1 Å². The van der Waals surface area contributed by atoms with Gasteiger partial charge in [-0.05, 0) is 165 Å². The van der Waals surface area contributed by atoms with Gasteiger partial charge in [0.15, 0.2) is 0 Å². The van der Waals surface area contributed by atoms with Crippen molar-refractivity contribution in [3.63, 3.8) is 0 Å². The molecule has 6 aromatic carbocycles. The number of benzene rings is 6. The highest BCUT2D eigenvalue weighted by molar-refractivity contribution is 6.00. The maximum absolute atomic E-state index is 14.0. The van der Waals surface area contributed by atoms with E-state index >= 15 is 0 Å². The van der Waals surface area contributed by atoms with Crippen LogP contribution in [0.5, 0.6) is 0 Å². The third-order valence-electron chi connectivity index (χ3n) is 16.4. The van der Waals surface area contributed by atoms with Gasteiger partial charge in [0.2, 0.25) is 35.4 Å². The van der Waals surface area contributed by atoms with Crippen molar-refractivity contribution in [1.82, 2.24) is 30.9 Å². The largest absolute Gasteiger partial charge is 0.383 e. The highest BCUT2D eigenvalue weighted by atomic mass is 16.3. The third kappa shape index (κ3) is 17.7. The molecule has 91 heavy (non-hydrogen) atoms. The predicted molar refractivity (Wildman–Crippen MR) is 355 cm³/mol. The van der Waals surface area contributed by atoms with Crippen LogP contribution < -0.4 is 49.1 Å². The summed E-state index contributed by atoms with van der Waals surface area (Å²) in [6.45, 7) is 1.19. The molecule has 9 aromatic rings. The second kappa shape index (κ2) is 32.3. The standard InChI is InChI=1S/C70H82N12O9/c71-34-10-7-19-58(80-68(89)61(83)37-46-40-74-55-16-4-1-13-52(46)55)65(86)77-49-28-22-43(23-29-49)64(44-24-30-50(31-25-44)78-66(87)59(20-8-11-35-72)81-69(90)62(84)38-47-41-75-56-17-5-2-14-53(47)56)45-26-32-51(33-27-45)79-67(88)60(21-9-12-36-73)82-70(91)63(85)39-48-42-76-57-18-6-3-15-54(48)57/h1-6,13-18,22-33,40-42,58-64,74-76,83-85H,7-12,19-21,34-39,71-73H2,(H,77,86)(H,78,87)(H,79,88)(H,80,89)(H,81,90)(H,82,91)/t58-,59-,60-,61?,62?,63?,64?/m1/s1. The average Bonchev–Trinajstić information content (AvgIpc) is 1.26. The second-order valence-corrected chi connectivity index (χ2v) is 23.0. The lowest BCUT2D eigenvalue weighted by Crippen LogP contribution is -2.48. The maximum Gasteiger partial charge on any atom is 0.249 e. The highest BCUT2D eigenvalue weighted by Gasteiger charge is 2.29. The van der Waals surface area contributed by atoms with Crippen LogP contribution in [0.2, 0.25) is 0 Å². The van der Waals surface area contributed by atoms with Gasteiger partial charge in [-0.2, -0.15) is 0 Å². The predicted octanol–water partition coefficient (Wildman–Crippen LogP) is 6.78. The number of H-pyrrole nitrogens is 3. The molecule has 0 radical (unpaired) electrons. The molecule has 0 fully saturated rings. The van der Waals surface area contributed by atoms with Crippen molar-refractivity contribution in [2.75, 3.05) is 35.6 Å². The fraction of sp³-hybridized carbons (Fsp3) is 0.314. The molecule has 6 atom stereocenters. The van der Waals surface area contributed by atoms with E-state index < -0.39 is 77.8 Å². The van der Waals surface area contributed by atoms with Gasteiger partial charge in [0, 0.05) is 93.5 Å². The molecule has 0 spiro atoms. The molecule has 3 unspecified atom stereocenters. The molecule has 18 N–H and O–H groups in total. The number of nitrogens with one attached hydrogen (secondary N) is 9. The Balaban J connectivity index is 0.921. The SMILES string of the molecule is NCCCC[C@@H](NC(=O)C(O)Cc1c[nH]c2ccccc12)C(=O)Nc1ccc(C(c2ccc(NC(=O)[C@@H](CCCCN)NC(=O)C(O)Cc3c[nH]c4ccccc34)cc2)c2ccc(NC(=O)[C@@H](CCCCN)NC(=O)C(O)Cc3c[nH]c4ccccc34)cc2)cc1. The number of nitrogens with two attached hydrogens (primary N) is 3. The number of fused-ring (bicyclic) bond motifs is 3. The fourth-order valence-electron chi connectivity index (χ4n) is 11.4. The number of hydrogen-bond donors (Lipinski definition) is 15. The summed E-state index contributed by atoms with van der Waals surface area (Å²) in [6, 6.07) is 41.5. The molecule has 476 valence electrons. The van der Waals surface area contributed by atoms with Crippen molar-refractivity contribution in [2.24, 2.45) is 17.2 Å². The normalized spacial score (nSPS) is 13.8. The maximum atomic E-state index is 14.0. The van der Waals surface area contributed by atoms with E-state index in [9.17, 15) is 44.1 Å². The molecule has 3 aromatic heterocycles. The average molecular weight is 1240 g/mol. The van der Waals surface area contributed by atoms with Gasteiger partial charge < -0.3 is 79.4 Å². The van der Waals surface area contributed by atoms with E-state index in [-0.39, 0.29) is 38.5 Å². The minimum Gasteiger partial charge on any atom is -0.383 e. The zero-order valence-electron chi connectivity index (χ0n) is 50.8. The first-order chi connectivity index (χ1) is 44.2. The fourth-order valence-corrected chi connectivity index (χ4v) is 11.4. The summed E-state index contributed by atoms with van der Waals surface area (Å²) in [5.74, 6) is -3.95. The zero-order valence-corrected chi connectivity index (χ0v) is 50.8. The lowest BCUT2D eigenvalue weighted by Gasteiger charge is -2.23. The van der Waals surface area contributed by atoms with E-state index in [1.54, 1.807) is 55.0 Å². The first-order valence-electron chi connectivity index (χ1n) is 31.1. The molecule has 21 nitrogen and oxygen atoms in total. The van der Waals surface area contributed by atoms with E-state index in [1.807, 2.05) is 109 Å². The van der Waals surface area contributed by atoms with Crippen LogP contribution in [0.25, 0.3) is 32.7 Å². The molecule has 0 saturated carbocycles. The number of aromatic nitrogens is 3. The summed E-state index contributed by atoms with van der Waals surface area (Å²) < 4.78 is 0. The highest BCUT2D eigenvalue weighted by Crippen LogP contribution is 2.35. The number of aliphatic hydroxyl groups is 3. The molecular weight excluding hydrogens is 1150 g/mol. The van der Waals surface area contributed by atoms with Crippen LogP contribution in [0.15, 0.2) is 164 Å². The summed E-state index contributed by atoms with van der Waals surface area (Å²) in [7, 11) is 0. The van der Waals surface area contributed by atoms with E-state index in [0.29, 0.717) is 75.2 Å². The molecule has 0 aliphatic rings. The van der Waals surface area contributed by atoms with Gasteiger partial charge in [0.05, 0.1) is 0 Å². The van der Waals surface area contributed by atoms with Gasteiger partial charge in [0.1, 0.15) is 36.4 Å². The van der Waals surface area contributed by atoms with Gasteiger partial charge in [-0.15, -0.1) is 0 Å². The minimum atomic E-state index is -1.42. The topological polar surface area (TPSA) is 361 Å². The summed E-state index contributed by atoms with van der Waals surface area (Å²) >= 11 is 0. The van der Waals surface area contributed by atoms with Gasteiger partial charge in [-0.25, -0.2) is 0 Å². The van der Waals surface area contributed by atoms with Gasteiger partial charge in [-0.1, -0.05) is 91.0 Å². The summed E-state index contributed by atoms with van der Waals surface area (Å²) in [5, 5.41) is 53.0. The van der Waals surface area contributed by atoms with Gasteiger partial charge in [-0.3, -0.25) is 28.8 Å². The first-order valence-corrected chi connectivity index (χ1v) is 31.1. The summed E-state index contributed by atoms with van der Waals surface area (Å²) in [4.78, 5) is 92.1. The molecule has 0 saturated heterocycles. The number of amides is 6. The van der Waals surface area contributed by atoms with Crippen LogP contribution in [0.4, 0.5) is 17.1 Å². The summed E-state index contributed by atoms with van der Waals surface area (Å²) in [6.07, 6.45) is 5.45. The zero-order chi connectivity index (χ0) is 64.2. The van der Waals surface area contributed by atoms with E-state index in [0.717, 1.165) is 66.1 Å². The monoisotopic (exact) mass is 1230 g/mol. The Morgan fingerprint density at radius 2 is 0.615 bits per heavy atom. The molecule has 0 bridgehead atoms. The molecule has 0 aliphatic heterocycles. The van der Waals surface area contributed by atoms with E-state index in [1.165, 1.54) is 0 Å². The van der Waals surface area contributed by atoms with Crippen molar-refractivity contribution >= 4 is 85.2 Å². The van der Waals surface area contributed by atoms with Crippen LogP contribution in [0, 0.1) is 0 Å². The Bertz CT molecular complexity index is 3480. The number of hydrogen-bond acceptors (Lipinski definition) is 12. The lowest BCUT2D eigenvalue weighted by molar-refractivity contribution is -0.132. The Morgan fingerprint density at radius 1 is 0.352 bits per heavy atom. The van der Waals surface area contributed by atoms with Crippen molar-refractivity contribution in [3.05, 3.63) is 198 Å².